The maximum absolute atomic E-state index is 6.03. The van der Waals surface area contributed by atoms with E-state index >= 15 is 0 Å². The van der Waals surface area contributed by atoms with Gasteiger partial charge in [-0.05, 0) is 24.8 Å². The van der Waals surface area contributed by atoms with Gasteiger partial charge < -0.3 is 4.90 Å². The quantitative estimate of drug-likeness (QED) is 0.545. The van der Waals surface area contributed by atoms with Gasteiger partial charge in [0, 0.05) is 5.70 Å². The standard InChI is InChI=1S/C17H22ClN/c1-4-13(2)16-10-11-17(19(16)14(3)12-18)15-8-6-5-7-9-15/h5-9,16-17H,2-4,10-12H2,1H3. The largest absolute Gasteiger partial charge is 0.361 e. The van der Waals surface area contributed by atoms with Gasteiger partial charge in [0.25, 0.3) is 0 Å². The summed E-state index contributed by atoms with van der Waals surface area (Å²) in [5, 5.41) is 0. The molecule has 19 heavy (non-hydrogen) atoms. The first-order valence-electron chi connectivity index (χ1n) is 6.93. The van der Waals surface area contributed by atoms with E-state index < -0.39 is 0 Å². The fourth-order valence-corrected chi connectivity index (χ4v) is 3.10. The molecule has 0 aromatic heterocycles. The van der Waals surface area contributed by atoms with Crippen molar-refractivity contribution in [3.63, 3.8) is 0 Å². The number of likely N-dealkylation sites (tertiary alicyclic amines) is 1. The fourth-order valence-electron chi connectivity index (χ4n) is 2.96. The maximum atomic E-state index is 6.03. The van der Waals surface area contributed by atoms with Gasteiger partial charge in [0.1, 0.15) is 0 Å². The first-order valence-corrected chi connectivity index (χ1v) is 7.47. The van der Waals surface area contributed by atoms with Crippen LogP contribution in [0.4, 0.5) is 0 Å². The van der Waals surface area contributed by atoms with E-state index in [4.69, 9.17) is 11.6 Å². The third-order valence-corrected chi connectivity index (χ3v) is 4.32. The van der Waals surface area contributed by atoms with E-state index in [9.17, 15) is 0 Å². The van der Waals surface area contributed by atoms with Crippen LogP contribution in [0.3, 0.4) is 0 Å². The molecule has 0 aliphatic carbocycles. The summed E-state index contributed by atoms with van der Waals surface area (Å²) in [5.41, 5.74) is 3.64. The molecular weight excluding hydrogens is 254 g/mol. The summed E-state index contributed by atoms with van der Waals surface area (Å²) in [6.07, 6.45) is 3.30. The van der Waals surface area contributed by atoms with Gasteiger partial charge in [-0.25, -0.2) is 0 Å². The molecule has 1 saturated heterocycles. The van der Waals surface area contributed by atoms with Crippen LogP contribution in [0.1, 0.15) is 37.8 Å². The summed E-state index contributed by atoms with van der Waals surface area (Å²) in [6, 6.07) is 11.4. The predicted octanol–water partition coefficient (Wildman–Crippen LogP) is 4.91. The van der Waals surface area contributed by atoms with Crippen molar-refractivity contribution in [3.05, 3.63) is 60.3 Å². The number of allylic oxidation sites excluding steroid dienone is 1. The Balaban J connectivity index is 2.29. The molecule has 0 spiro atoms. The minimum atomic E-state index is 0.390. The third kappa shape index (κ3) is 2.87. The highest BCUT2D eigenvalue weighted by Gasteiger charge is 2.35. The molecule has 2 heteroatoms. The maximum Gasteiger partial charge on any atom is 0.0618 e. The second-order valence-electron chi connectivity index (χ2n) is 5.14. The Morgan fingerprint density at radius 1 is 1.26 bits per heavy atom. The molecule has 2 atom stereocenters. The Hall–Kier alpha value is -1.21. The minimum Gasteiger partial charge on any atom is -0.361 e. The number of nitrogens with zero attached hydrogens (tertiary/aromatic N) is 1. The van der Waals surface area contributed by atoms with E-state index in [1.165, 1.54) is 11.1 Å². The Kier molecular flexibility index (Phi) is 4.71. The lowest BCUT2D eigenvalue weighted by Crippen LogP contribution is -2.32. The van der Waals surface area contributed by atoms with E-state index in [0.717, 1.165) is 25.0 Å². The number of benzene rings is 1. The number of halogens is 1. The smallest absolute Gasteiger partial charge is 0.0618 e. The summed E-state index contributed by atoms with van der Waals surface area (Å²) in [5.74, 6) is 0.483. The van der Waals surface area contributed by atoms with E-state index in [1.807, 2.05) is 0 Å². The Labute approximate surface area is 121 Å². The summed E-state index contributed by atoms with van der Waals surface area (Å²) in [6.45, 7) is 10.5. The van der Waals surface area contributed by atoms with E-state index in [1.54, 1.807) is 0 Å². The number of hydrogen-bond donors (Lipinski definition) is 0. The number of rotatable bonds is 5. The van der Waals surface area contributed by atoms with Gasteiger partial charge in [-0.2, -0.15) is 0 Å². The average molecular weight is 276 g/mol. The summed E-state index contributed by atoms with van der Waals surface area (Å²) in [4.78, 5) is 2.38. The van der Waals surface area contributed by atoms with Crippen molar-refractivity contribution in [2.24, 2.45) is 0 Å². The van der Waals surface area contributed by atoms with Crippen LogP contribution in [0.15, 0.2) is 54.8 Å². The number of alkyl halides is 1. The van der Waals surface area contributed by atoms with Crippen LogP contribution in [0.5, 0.6) is 0 Å². The van der Waals surface area contributed by atoms with Crippen molar-refractivity contribution in [2.75, 3.05) is 5.88 Å². The molecule has 1 aromatic rings. The third-order valence-electron chi connectivity index (χ3n) is 4.01. The average Bonchev–Trinajstić information content (AvgIpc) is 2.91. The molecule has 2 unspecified atom stereocenters. The summed E-state index contributed by atoms with van der Waals surface area (Å²) < 4.78 is 0. The number of hydrogen-bond acceptors (Lipinski definition) is 1. The molecule has 1 fully saturated rings. The van der Waals surface area contributed by atoms with Gasteiger partial charge in [0.2, 0.25) is 0 Å². The Morgan fingerprint density at radius 3 is 2.53 bits per heavy atom. The van der Waals surface area contributed by atoms with E-state index in [2.05, 4.69) is 55.3 Å². The Morgan fingerprint density at radius 2 is 1.95 bits per heavy atom. The second-order valence-corrected chi connectivity index (χ2v) is 5.41. The van der Waals surface area contributed by atoms with Crippen LogP contribution in [0.2, 0.25) is 0 Å². The van der Waals surface area contributed by atoms with Crippen LogP contribution in [0.25, 0.3) is 0 Å². The molecule has 1 aliphatic heterocycles. The van der Waals surface area contributed by atoms with Crippen molar-refractivity contribution in [2.45, 2.75) is 38.3 Å². The molecule has 0 amide bonds. The van der Waals surface area contributed by atoms with Gasteiger partial charge in [-0.3, -0.25) is 0 Å². The van der Waals surface area contributed by atoms with Crippen LogP contribution in [-0.4, -0.2) is 16.8 Å². The molecule has 102 valence electrons. The van der Waals surface area contributed by atoms with Gasteiger partial charge >= 0.3 is 0 Å². The van der Waals surface area contributed by atoms with Gasteiger partial charge in [-0.15, -0.1) is 11.6 Å². The zero-order valence-electron chi connectivity index (χ0n) is 11.6. The Bertz CT molecular complexity index is 452. The van der Waals surface area contributed by atoms with E-state index in [-0.39, 0.29) is 0 Å². The molecule has 0 radical (unpaired) electrons. The monoisotopic (exact) mass is 275 g/mol. The van der Waals surface area contributed by atoms with Gasteiger partial charge in [0.15, 0.2) is 0 Å². The highest BCUT2D eigenvalue weighted by atomic mass is 35.5. The van der Waals surface area contributed by atoms with Crippen LogP contribution < -0.4 is 0 Å². The fraction of sp³-hybridized carbons (Fsp3) is 0.412. The normalized spacial score (nSPS) is 22.5. The lowest BCUT2D eigenvalue weighted by molar-refractivity contribution is 0.277. The molecule has 2 rings (SSSR count). The minimum absolute atomic E-state index is 0.390. The highest BCUT2D eigenvalue weighted by molar-refractivity contribution is 6.19. The molecule has 1 aliphatic rings. The van der Waals surface area contributed by atoms with Crippen molar-refractivity contribution in [3.8, 4) is 0 Å². The SMILES string of the molecule is C=C(CC)C1CCC(c2ccccc2)N1C(=C)CCl. The lowest BCUT2D eigenvalue weighted by atomic mass is 10.0. The zero-order chi connectivity index (χ0) is 13.8. The van der Waals surface area contributed by atoms with Crippen LogP contribution in [0, 0.1) is 0 Å². The molecule has 1 aromatic carbocycles. The van der Waals surface area contributed by atoms with Crippen molar-refractivity contribution < 1.29 is 0 Å². The van der Waals surface area contributed by atoms with Crippen LogP contribution in [-0.2, 0) is 0 Å². The zero-order valence-corrected chi connectivity index (χ0v) is 12.4. The first-order chi connectivity index (χ1) is 9.19. The van der Waals surface area contributed by atoms with Gasteiger partial charge in [-0.1, -0.05) is 56.0 Å². The topological polar surface area (TPSA) is 3.24 Å². The second kappa shape index (κ2) is 6.29. The summed E-state index contributed by atoms with van der Waals surface area (Å²) >= 11 is 6.03. The first kappa shape index (κ1) is 14.2. The lowest BCUT2D eigenvalue weighted by Gasteiger charge is -2.34. The molecular formula is C17H22ClN. The van der Waals surface area contributed by atoms with Crippen molar-refractivity contribution in [1.82, 2.24) is 4.90 Å². The van der Waals surface area contributed by atoms with Crippen LogP contribution >= 0.6 is 11.6 Å². The van der Waals surface area contributed by atoms with Crippen molar-refractivity contribution >= 4 is 11.6 Å². The van der Waals surface area contributed by atoms with Crippen molar-refractivity contribution in [1.29, 1.82) is 0 Å². The van der Waals surface area contributed by atoms with Gasteiger partial charge in [0.05, 0.1) is 18.0 Å². The molecule has 0 bridgehead atoms. The molecule has 1 nitrogen and oxygen atoms in total. The highest BCUT2D eigenvalue weighted by Crippen LogP contribution is 2.41. The molecule has 0 saturated carbocycles. The predicted molar refractivity (Wildman–Crippen MR) is 83.3 cm³/mol. The molecule has 1 heterocycles. The molecule has 0 N–H and O–H groups in total. The summed E-state index contributed by atoms with van der Waals surface area (Å²) in [7, 11) is 0. The van der Waals surface area contributed by atoms with E-state index in [0.29, 0.717) is 18.0 Å².